The highest BCUT2D eigenvalue weighted by Gasteiger charge is 2.29. The third-order valence-electron chi connectivity index (χ3n) is 3.82. The maximum Gasteiger partial charge on any atom is 0.267 e. The second-order valence-corrected chi connectivity index (χ2v) is 5.34. The summed E-state index contributed by atoms with van der Waals surface area (Å²) in [6.45, 7) is 1.68. The van der Waals surface area contributed by atoms with E-state index in [1.807, 2.05) is 0 Å². The van der Waals surface area contributed by atoms with Crippen LogP contribution in [0.25, 0.3) is 0 Å². The van der Waals surface area contributed by atoms with Crippen LogP contribution >= 0.6 is 0 Å². The Bertz CT molecular complexity index is 643. The van der Waals surface area contributed by atoms with Gasteiger partial charge in [-0.3, -0.25) is 19.2 Å². The molecule has 0 fully saturated rings. The number of nitrogens with zero attached hydrogens (tertiary/aromatic N) is 2. The highest BCUT2D eigenvalue weighted by Crippen LogP contribution is 2.34. The zero-order chi connectivity index (χ0) is 17.1. The van der Waals surface area contributed by atoms with E-state index in [1.54, 1.807) is 32.2 Å². The van der Waals surface area contributed by atoms with Gasteiger partial charge < -0.3 is 9.64 Å². The third-order valence-corrected chi connectivity index (χ3v) is 3.82. The molecule has 1 aromatic rings. The van der Waals surface area contributed by atoms with Gasteiger partial charge in [-0.1, -0.05) is 0 Å². The molecule has 1 heterocycles. The molecule has 1 aromatic carbocycles. The van der Waals surface area contributed by atoms with Crippen LogP contribution in [0, 0.1) is 0 Å². The van der Waals surface area contributed by atoms with Crippen molar-refractivity contribution >= 4 is 23.3 Å². The molecule has 0 aliphatic carbocycles. The van der Waals surface area contributed by atoms with Gasteiger partial charge in [0.2, 0.25) is 5.91 Å². The molecule has 1 aliphatic heterocycles. The number of benzene rings is 1. The summed E-state index contributed by atoms with van der Waals surface area (Å²) in [5.41, 5.74) is 0.994. The highest BCUT2D eigenvalue weighted by atomic mass is 16.7. The van der Waals surface area contributed by atoms with Crippen molar-refractivity contribution in [3.05, 3.63) is 23.8 Å². The molecule has 2 amide bonds. The van der Waals surface area contributed by atoms with Crippen molar-refractivity contribution in [3.8, 4) is 5.75 Å². The van der Waals surface area contributed by atoms with Gasteiger partial charge in [-0.15, -0.1) is 0 Å². The number of ketones is 1. The summed E-state index contributed by atoms with van der Waals surface area (Å²) in [6.07, 6.45) is -0.417. The smallest absolute Gasteiger partial charge is 0.267 e. The number of likely N-dealkylation sites (N-methyl/N-ethyl adjacent to an activating group) is 1. The molecule has 0 saturated carbocycles. The fourth-order valence-corrected chi connectivity index (χ4v) is 2.31. The number of carbonyl (C=O) groups excluding carboxylic acids is 3. The number of fused-ring (bicyclic) bond motifs is 1. The molecular formula is C16H20N2O5. The Morgan fingerprint density at radius 1 is 1.35 bits per heavy atom. The third kappa shape index (κ3) is 3.50. The first kappa shape index (κ1) is 17.0. The lowest BCUT2D eigenvalue weighted by Crippen LogP contribution is -2.42. The average Bonchev–Trinajstić information content (AvgIpc) is 2.56. The van der Waals surface area contributed by atoms with Crippen LogP contribution in [0.15, 0.2) is 18.2 Å². The molecule has 0 spiro atoms. The SMILES string of the molecule is CON(C)C(=O)CCC(=O)c1ccc2c(c1)N(C)C(=O)C(C)O2. The fourth-order valence-electron chi connectivity index (χ4n) is 2.31. The fraction of sp³-hybridized carbons (Fsp3) is 0.438. The summed E-state index contributed by atoms with van der Waals surface area (Å²) in [7, 11) is 4.52. The summed E-state index contributed by atoms with van der Waals surface area (Å²) < 4.78 is 5.51. The summed E-state index contributed by atoms with van der Waals surface area (Å²) in [6, 6.07) is 4.93. The second-order valence-electron chi connectivity index (χ2n) is 5.34. The predicted molar refractivity (Wildman–Crippen MR) is 83.3 cm³/mol. The lowest BCUT2D eigenvalue weighted by molar-refractivity contribution is -0.168. The van der Waals surface area contributed by atoms with Crippen molar-refractivity contribution in [1.29, 1.82) is 0 Å². The largest absolute Gasteiger partial charge is 0.479 e. The zero-order valence-corrected chi connectivity index (χ0v) is 13.7. The van der Waals surface area contributed by atoms with Gasteiger partial charge in [0.15, 0.2) is 11.9 Å². The van der Waals surface area contributed by atoms with E-state index in [-0.39, 0.29) is 30.4 Å². The molecule has 1 unspecified atom stereocenters. The molecule has 23 heavy (non-hydrogen) atoms. The van der Waals surface area contributed by atoms with E-state index in [0.717, 1.165) is 5.06 Å². The molecule has 0 aromatic heterocycles. The highest BCUT2D eigenvalue weighted by molar-refractivity contribution is 6.03. The predicted octanol–water partition coefficient (Wildman–Crippen LogP) is 1.41. The maximum atomic E-state index is 12.2. The van der Waals surface area contributed by atoms with Gasteiger partial charge >= 0.3 is 0 Å². The van der Waals surface area contributed by atoms with Crippen LogP contribution in [0.5, 0.6) is 5.75 Å². The van der Waals surface area contributed by atoms with Gasteiger partial charge in [0.05, 0.1) is 12.8 Å². The molecule has 124 valence electrons. The lowest BCUT2D eigenvalue weighted by atomic mass is 10.0. The molecule has 1 aliphatic rings. The van der Waals surface area contributed by atoms with Crippen molar-refractivity contribution in [2.45, 2.75) is 25.9 Å². The summed E-state index contributed by atoms with van der Waals surface area (Å²) in [4.78, 5) is 42.1. The van der Waals surface area contributed by atoms with Crippen molar-refractivity contribution in [2.75, 3.05) is 26.1 Å². The molecule has 0 saturated heterocycles. The number of ether oxygens (including phenoxy) is 1. The monoisotopic (exact) mass is 320 g/mol. The molecule has 0 N–H and O–H groups in total. The molecule has 1 atom stereocenters. The van der Waals surface area contributed by atoms with Crippen molar-refractivity contribution in [1.82, 2.24) is 5.06 Å². The van der Waals surface area contributed by atoms with E-state index in [1.165, 1.54) is 19.1 Å². The van der Waals surface area contributed by atoms with Gasteiger partial charge in [-0.25, -0.2) is 5.06 Å². The van der Waals surface area contributed by atoms with Crippen LogP contribution in [0.2, 0.25) is 0 Å². The van der Waals surface area contributed by atoms with E-state index >= 15 is 0 Å². The minimum absolute atomic E-state index is 0.0581. The van der Waals surface area contributed by atoms with Gasteiger partial charge in [0.25, 0.3) is 5.91 Å². The van der Waals surface area contributed by atoms with E-state index in [2.05, 4.69) is 0 Å². The summed E-state index contributed by atoms with van der Waals surface area (Å²) >= 11 is 0. The summed E-state index contributed by atoms with van der Waals surface area (Å²) in [5.74, 6) is -0.0567. The Hall–Kier alpha value is -2.41. The van der Waals surface area contributed by atoms with E-state index in [4.69, 9.17) is 9.57 Å². The number of anilines is 1. The second kappa shape index (κ2) is 6.78. The molecule has 2 rings (SSSR count). The number of carbonyl (C=O) groups is 3. The summed E-state index contributed by atoms with van der Waals surface area (Å²) in [5, 5.41) is 1.09. The Labute approximate surface area is 134 Å². The first-order valence-electron chi connectivity index (χ1n) is 7.27. The molecule has 7 nitrogen and oxygen atoms in total. The number of rotatable bonds is 5. The van der Waals surface area contributed by atoms with Gasteiger partial charge in [0, 0.05) is 32.5 Å². The quantitative estimate of drug-likeness (QED) is 0.606. The number of hydrogen-bond donors (Lipinski definition) is 0. The molecular weight excluding hydrogens is 300 g/mol. The normalized spacial score (nSPS) is 16.6. The van der Waals surface area contributed by atoms with Crippen LogP contribution in [0.4, 0.5) is 5.69 Å². The van der Waals surface area contributed by atoms with E-state index < -0.39 is 6.10 Å². The number of hydroxylamine groups is 2. The van der Waals surface area contributed by atoms with Crippen molar-refractivity contribution < 1.29 is 24.0 Å². The number of hydrogen-bond acceptors (Lipinski definition) is 5. The first-order valence-corrected chi connectivity index (χ1v) is 7.27. The standard InChI is InChI=1S/C16H20N2O5/c1-10-16(21)17(2)12-9-11(5-7-14(12)23-10)13(19)6-8-15(20)18(3)22-4/h5,7,9-10H,6,8H2,1-4H3. The van der Waals surface area contributed by atoms with E-state index in [0.29, 0.717) is 17.0 Å². The Balaban J connectivity index is 2.11. The van der Waals surface area contributed by atoms with Gasteiger partial charge in [-0.05, 0) is 25.1 Å². The Kier molecular flexibility index (Phi) is 5.00. The molecule has 7 heteroatoms. The topological polar surface area (TPSA) is 76.2 Å². The zero-order valence-electron chi connectivity index (χ0n) is 13.7. The van der Waals surface area contributed by atoms with Crippen LogP contribution in [0.1, 0.15) is 30.1 Å². The Morgan fingerprint density at radius 3 is 2.70 bits per heavy atom. The van der Waals surface area contributed by atoms with Crippen LogP contribution in [0.3, 0.4) is 0 Å². The van der Waals surface area contributed by atoms with Crippen LogP contribution in [-0.2, 0) is 14.4 Å². The average molecular weight is 320 g/mol. The van der Waals surface area contributed by atoms with E-state index in [9.17, 15) is 14.4 Å². The molecule has 0 bridgehead atoms. The number of amides is 2. The minimum atomic E-state index is -0.545. The first-order chi connectivity index (χ1) is 10.8. The molecule has 0 radical (unpaired) electrons. The van der Waals surface area contributed by atoms with Gasteiger partial charge in [0.1, 0.15) is 5.75 Å². The minimum Gasteiger partial charge on any atom is -0.479 e. The number of Topliss-reactive ketones (excluding diaryl/α,β-unsaturated/α-hetero) is 1. The maximum absolute atomic E-state index is 12.2. The van der Waals surface area contributed by atoms with Crippen molar-refractivity contribution in [3.63, 3.8) is 0 Å². The van der Waals surface area contributed by atoms with Crippen molar-refractivity contribution in [2.24, 2.45) is 0 Å². The van der Waals surface area contributed by atoms with Crippen LogP contribution < -0.4 is 9.64 Å². The Morgan fingerprint density at radius 2 is 2.04 bits per heavy atom. The van der Waals surface area contributed by atoms with Crippen LogP contribution in [-0.4, -0.2) is 50.0 Å². The van der Waals surface area contributed by atoms with Gasteiger partial charge in [-0.2, -0.15) is 0 Å². The lowest BCUT2D eigenvalue weighted by Gasteiger charge is -2.30.